The number of nitrogens with one attached hydrogen (secondary N) is 1. The molecule has 0 atom stereocenters. The molecule has 1 aromatic carbocycles. The predicted octanol–water partition coefficient (Wildman–Crippen LogP) is 2.62. The summed E-state index contributed by atoms with van der Waals surface area (Å²) in [5.74, 6) is -1.10. The van der Waals surface area contributed by atoms with Crippen LogP contribution < -0.4 is 11.1 Å². The number of nitrogens with two attached hydrogens (primary N) is 1. The third-order valence-corrected chi connectivity index (χ3v) is 4.16. The Morgan fingerprint density at radius 3 is 2.60 bits per heavy atom. The minimum atomic E-state index is -0.961. The molecule has 0 saturated carbocycles. The van der Waals surface area contributed by atoms with Gasteiger partial charge in [-0.15, -0.1) is 0 Å². The minimum absolute atomic E-state index is 0.0802. The van der Waals surface area contributed by atoms with Crippen LogP contribution in [0.4, 0.5) is 4.39 Å². The second kappa shape index (κ2) is 6.69. The van der Waals surface area contributed by atoms with Crippen LogP contribution in [0, 0.1) is 5.82 Å². The van der Waals surface area contributed by atoms with Gasteiger partial charge in [0.25, 0.3) is 5.91 Å². The molecular weight excluding hydrogens is 329 g/mol. The molecule has 1 aromatic rings. The van der Waals surface area contributed by atoms with Crippen molar-refractivity contribution in [2.75, 3.05) is 0 Å². The van der Waals surface area contributed by atoms with Crippen molar-refractivity contribution >= 4 is 27.7 Å². The van der Waals surface area contributed by atoms with Gasteiger partial charge in [0.05, 0.1) is 10.0 Å². The largest absolute Gasteiger partial charge is 0.409 e. The van der Waals surface area contributed by atoms with Gasteiger partial charge in [-0.05, 0) is 40.9 Å². The Morgan fingerprint density at radius 1 is 1.50 bits per heavy atom. The number of carbonyl (C=O) groups excluding carboxylic acids is 1. The number of benzene rings is 1. The van der Waals surface area contributed by atoms with Gasteiger partial charge in [0.1, 0.15) is 11.4 Å². The zero-order valence-corrected chi connectivity index (χ0v) is 12.9. The van der Waals surface area contributed by atoms with Gasteiger partial charge in [-0.3, -0.25) is 4.79 Å². The number of carbonyl (C=O) groups is 1. The first-order valence-corrected chi connectivity index (χ1v) is 6.95. The van der Waals surface area contributed by atoms with E-state index in [9.17, 15) is 9.18 Å². The predicted molar refractivity (Wildman–Crippen MR) is 78.3 cm³/mol. The van der Waals surface area contributed by atoms with Gasteiger partial charge in [-0.2, -0.15) is 0 Å². The number of hydrogen-bond acceptors (Lipinski definition) is 3. The number of amidine groups is 1. The van der Waals surface area contributed by atoms with Crippen molar-refractivity contribution in [3.8, 4) is 0 Å². The molecule has 0 aliphatic heterocycles. The standard InChI is InChI=1S/C13H17BrFN3O2/c1-3-13(4-2,12(16)18-20)17-11(19)8-6-5-7-9(15)10(8)14/h5-7,20H,3-4H2,1-2H3,(H2,16,18)(H,17,19). The van der Waals surface area contributed by atoms with Crippen LogP contribution in [0.2, 0.25) is 0 Å². The van der Waals surface area contributed by atoms with Gasteiger partial charge in [-0.1, -0.05) is 25.1 Å². The third-order valence-electron chi connectivity index (χ3n) is 3.35. The molecule has 4 N–H and O–H groups in total. The highest BCUT2D eigenvalue weighted by Gasteiger charge is 2.34. The van der Waals surface area contributed by atoms with E-state index in [2.05, 4.69) is 26.4 Å². The fraction of sp³-hybridized carbons (Fsp3) is 0.385. The molecule has 7 heteroatoms. The first kappa shape index (κ1) is 16.4. The molecule has 0 saturated heterocycles. The normalized spacial score (nSPS) is 12.3. The molecule has 0 unspecified atom stereocenters. The highest BCUT2D eigenvalue weighted by Crippen LogP contribution is 2.22. The molecule has 0 aliphatic carbocycles. The summed E-state index contributed by atoms with van der Waals surface area (Å²) >= 11 is 3.04. The van der Waals surface area contributed by atoms with E-state index in [4.69, 9.17) is 10.9 Å². The summed E-state index contributed by atoms with van der Waals surface area (Å²) in [7, 11) is 0. The van der Waals surface area contributed by atoms with E-state index in [0.717, 1.165) is 0 Å². The molecule has 1 rings (SSSR count). The second-order valence-corrected chi connectivity index (χ2v) is 5.12. The highest BCUT2D eigenvalue weighted by atomic mass is 79.9. The average molecular weight is 346 g/mol. The van der Waals surface area contributed by atoms with Crippen molar-refractivity contribution in [3.63, 3.8) is 0 Å². The summed E-state index contributed by atoms with van der Waals surface area (Å²) < 4.78 is 13.5. The van der Waals surface area contributed by atoms with Crippen LogP contribution in [0.5, 0.6) is 0 Å². The lowest BCUT2D eigenvalue weighted by Gasteiger charge is -2.31. The van der Waals surface area contributed by atoms with E-state index >= 15 is 0 Å². The van der Waals surface area contributed by atoms with Gasteiger partial charge >= 0.3 is 0 Å². The van der Waals surface area contributed by atoms with Crippen LogP contribution in [0.1, 0.15) is 37.0 Å². The van der Waals surface area contributed by atoms with Crippen molar-refractivity contribution in [2.45, 2.75) is 32.2 Å². The van der Waals surface area contributed by atoms with Gasteiger partial charge < -0.3 is 16.3 Å². The lowest BCUT2D eigenvalue weighted by atomic mass is 9.91. The quantitative estimate of drug-likeness (QED) is 0.331. The molecule has 0 heterocycles. The summed E-state index contributed by atoms with van der Waals surface area (Å²) in [5, 5.41) is 14.6. The Morgan fingerprint density at radius 2 is 2.10 bits per heavy atom. The van der Waals surface area contributed by atoms with Crippen molar-refractivity contribution in [2.24, 2.45) is 10.9 Å². The van der Waals surface area contributed by atoms with Gasteiger partial charge in [0.15, 0.2) is 5.84 Å². The number of rotatable bonds is 5. The molecule has 5 nitrogen and oxygen atoms in total. The maximum absolute atomic E-state index is 13.4. The summed E-state index contributed by atoms with van der Waals surface area (Å²) in [5.41, 5.74) is 4.86. The molecule has 0 aromatic heterocycles. The van der Waals surface area contributed by atoms with Crippen LogP contribution in [-0.4, -0.2) is 22.5 Å². The molecule has 0 bridgehead atoms. The van der Waals surface area contributed by atoms with Crippen LogP contribution >= 0.6 is 15.9 Å². The first-order valence-electron chi connectivity index (χ1n) is 6.16. The first-order chi connectivity index (χ1) is 9.41. The molecule has 20 heavy (non-hydrogen) atoms. The minimum Gasteiger partial charge on any atom is -0.409 e. The summed E-state index contributed by atoms with van der Waals surface area (Å²) in [4.78, 5) is 12.3. The van der Waals surface area contributed by atoms with E-state index in [1.807, 2.05) is 13.8 Å². The number of hydrogen-bond donors (Lipinski definition) is 3. The fourth-order valence-electron chi connectivity index (χ4n) is 1.91. The molecule has 0 fully saturated rings. The Kier molecular flexibility index (Phi) is 5.50. The van der Waals surface area contributed by atoms with Crippen molar-refractivity contribution in [1.29, 1.82) is 0 Å². The van der Waals surface area contributed by atoms with Crippen LogP contribution in [0.25, 0.3) is 0 Å². The summed E-state index contributed by atoms with van der Waals surface area (Å²) in [6.07, 6.45) is 0.885. The SMILES string of the molecule is CCC(CC)(NC(=O)c1cccc(F)c1Br)/C(N)=N/O. The van der Waals surface area contributed by atoms with Crippen molar-refractivity contribution in [1.82, 2.24) is 5.32 Å². The Hall–Kier alpha value is -1.63. The van der Waals surface area contributed by atoms with Crippen molar-refractivity contribution in [3.05, 3.63) is 34.1 Å². The van der Waals surface area contributed by atoms with Gasteiger partial charge in [0.2, 0.25) is 0 Å². The van der Waals surface area contributed by atoms with Crippen LogP contribution in [-0.2, 0) is 0 Å². The lowest BCUT2D eigenvalue weighted by molar-refractivity contribution is 0.0916. The Balaban J connectivity index is 3.12. The van der Waals surface area contributed by atoms with Crippen LogP contribution in [0.3, 0.4) is 0 Å². The summed E-state index contributed by atoms with van der Waals surface area (Å²) in [6, 6.07) is 4.18. The fourth-order valence-corrected chi connectivity index (χ4v) is 2.36. The van der Waals surface area contributed by atoms with E-state index in [1.54, 1.807) is 0 Å². The monoisotopic (exact) mass is 345 g/mol. The van der Waals surface area contributed by atoms with E-state index in [0.29, 0.717) is 12.8 Å². The average Bonchev–Trinajstić information content (AvgIpc) is 2.46. The summed E-state index contributed by atoms with van der Waals surface area (Å²) in [6.45, 7) is 3.62. The lowest BCUT2D eigenvalue weighted by Crippen LogP contribution is -2.56. The molecule has 0 aliphatic rings. The second-order valence-electron chi connectivity index (χ2n) is 4.33. The molecule has 1 amide bonds. The number of oxime groups is 1. The molecule has 110 valence electrons. The molecular formula is C13H17BrFN3O2. The number of nitrogens with zero attached hydrogens (tertiary/aromatic N) is 1. The smallest absolute Gasteiger partial charge is 0.253 e. The van der Waals surface area contributed by atoms with E-state index < -0.39 is 17.3 Å². The van der Waals surface area contributed by atoms with Gasteiger partial charge in [0, 0.05) is 0 Å². The van der Waals surface area contributed by atoms with Crippen LogP contribution in [0.15, 0.2) is 27.8 Å². The van der Waals surface area contributed by atoms with Crippen molar-refractivity contribution < 1.29 is 14.4 Å². The van der Waals surface area contributed by atoms with E-state index in [1.165, 1.54) is 18.2 Å². The third kappa shape index (κ3) is 3.09. The topological polar surface area (TPSA) is 87.7 Å². The Labute approximate surface area is 125 Å². The Bertz CT molecular complexity index is 530. The highest BCUT2D eigenvalue weighted by molar-refractivity contribution is 9.10. The number of halogens is 2. The zero-order valence-electron chi connectivity index (χ0n) is 11.3. The van der Waals surface area contributed by atoms with E-state index in [-0.39, 0.29) is 15.9 Å². The molecule has 0 radical (unpaired) electrons. The maximum Gasteiger partial charge on any atom is 0.253 e. The molecule has 0 spiro atoms. The number of amides is 1. The zero-order chi connectivity index (χ0) is 15.3. The van der Waals surface area contributed by atoms with Gasteiger partial charge in [-0.25, -0.2) is 4.39 Å². The maximum atomic E-state index is 13.4.